The van der Waals surface area contributed by atoms with Crippen LogP contribution in [0, 0.1) is 5.82 Å². The highest BCUT2D eigenvalue weighted by Crippen LogP contribution is 2.15. The number of halogens is 1. The van der Waals surface area contributed by atoms with E-state index in [2.05, 4.69) is 13.2 Å². The van der Waals surface area contributed by atoms with Crippen LogP contribution in [0.3, 0.4) is 0 Å². The van der Waals surface area contributed by atoms with Gasteiger partial charge in [-0.15, -0.1) is 0 Å². The second-order valence-electron chi connectivity index (χ2n) is 6.79. The third-order valence-electron chi connectivity index (χ3n) is 4.71. The monoisotopic (exact) mass is 432 g/mol. The highest BCUT2D eigenvalue weighted by molar-refractivity contribution is 5.73. The maximum absolute atomic E-state index is 13.0. The summed E-state index contributed by atoms with van der Waals surface area (Å²) in [7, 11) is 3.38. The molecule has 31 heavy (non-hydrogen) atoms. The van der Waals surface area contributed by atoms with E-state index in [9.17, 15) is 14.0 Å². The summed E-state index contributed by atoms with van der Waals surface area (Å²) < 4.78 is 19.1. The van der Waals surface area contributed by atoms with Gasteiger partial charge in [-0.2, -0.15) is 0 Å². The van der Waals surface area contributed by atoms with Gasteiger partial charge in [0.1, 0.15) is 11.6 Å². The number of benzene rings is 1. The van der Waals surface area contributed by atoms with Gasteiger partial charge in [0, 0.05) is 28.7 Å². The molecule has 0 fully saturated rings. The minimum atomic E-state index is -0.402. The van der Waals surface area contributed by atoms with E-state index in [1.165, 1.54) is 34.9 Å². The lowest BCUT2D eigenvalue weighted by molar-refractivity contribution is 0.277. The molecular weight excluding hydrogens is 403 g/mol. The number of allylic oxidation sites excluding steroid dienone is 3. The van der Waals surface area contributed by atoms with Gasteiger partial charge in [-0.3, -0.25) is 23.3 Å². The summed E-state index contributed by atoms with van der Waals surface area (Å²) in [4.78, 5) is 25.0. The third kappa shape index (κ3) is 5.13. The van der Waals surface area contributed by atoms with Gasteiger partial charge < -0.3 is 10.2 Å². The first-order valence-corrected chi connectivity index (χ1v) is 9.61. The zero-order chi connectivity index (χ0) is 23.1. The van der Waals surface area contributed by atoms with E-state index in [-0.39, 0.29) is 31.7 Å². The van der Waals surface area contributed by atoms with Crippen molar-refractivity contribution in [1.82, 2.24) is 18.5 Å². The molecule has 0 spiro atoms. The molecule has 1 aromatic carbocycles. The highest BCUT2D eigenvalue weighted by atomic mass is 19.1. The third-order valence-corrected chi connectivity index (χ3v) is 4.71. The van der Waals surface area contributed by atoms with E-state index in [1.807, 2.05) is 0 Å². The number of aryl methyl sites for hydroxylation is 2. The Balaban J connectivity index is 0.000000558. The normalized spacial score (nSPS) is 11.3. The molecule has 0 radical (unpaired) electrons. The van der Waals surface area contributed by atoms with Gasteiger partial charge in [-0.05, 0) is 36.3 Å². The first-order valence-electron chi connectivity index (χ1n) is 9.61. The molecular formula is C22H29FN4O4. The van der Waals surface area contributed by atoms with Crippen molar-refractivity contribution in [2.45, 2.75) is 19.5 Å². The molecule has 0 aliphatic rings. The van der Waals surface area contributed by atoms with Crippen LogP contribution in [0.15, 0.2) is 71.0 Å². The number of aliphatic hydroxyl groups excluding tert-OH is 2. The molecule has 9 heteroatoms. The summed E-state index contributed by atoms with van der Waals surface area (Å²) >= 11 is 0. The van der Waals surface area contributed by atoms with Crippen LogP contribution in [0.2, 0.25) is 0 Å². The summed E-state index contributed by atoms with van der Waals surface area (Å²) in [6.07, 6.45) is 4.65. The van der Waals surface area contributed by atoms with Crippen molar-refractivity contribution < 1.29 is 16.0 Å². The van der Waals surface area contributed by atoms with Crippen LogP contribution in [-0.4, -0.2) is 35.3 Å². The molecule has 168 valence electrons. The number of nitrogens with zero attached hydrogens (tertiary/aromatic N) is 4. The largest absolute Gasteiger partial charge is 0.508 e. The van der Waals surface area contributed by atoms with Crippen molar-refractivity contribution in [3.05, 3.63) is 93.6 Å². The molecule has 0 aliphatic carbocycles. The summed E-state index contributed by atoms with van der Waals surface area (Å²) in [6, 6.07) is 6.06. The van der Waals surface area contributed by atoms with Gasteiger partial charge in [0.2, 0.25) is 0 Å². The Bertz CT molecular complexity index is 1220. The predicted molar refractivity (Wildman–Crippen MR) is 121 cm³/mol. The molecule has 3 aromatic rings. The lowest BCUT2D eigenvalue weighted by Crippen LogP contribution is -2.44. The molecule has 8 nitrogen and oxygen atoms in total. The number of aromatic nitrogens is 4. The van der Waals surface area contributed by atoms with Gasteiger partial charge >= 0.3 is 5.69 Å². The average Bonchev–Trinajstić information content (AvgIpc) is 2.76. The van der Waals surface area contributed by atoms with E-state index < -0.39 is 5.69 Å². The Labute approximate surface area is 180 Å². The van der Waals surface area contributed by atoms with Gasteiger partial charge in [0.25, 0.3) is 5.56 Å². The van der Waals surface area contributed by atoms with Crippen LogP contribution < -0.4 is 11.2 Å². The number of fused-ring (bicyclic) bond motifs is 1. The molecule has 0 saturated heterocycles. The molecule has 2 heterocycles. The van der Waals surface area contributed by atoms with Crippen molar-refractivity contribution in [1.29, 1.82) is 0 Å². The van der Waals surface area contributed by atoms with Crippen molar-refractivity contribution in [3.8, 4) is 0 Å². The fourth-order valence-electron chi connectivity index (χ4n) is 3.12. The van der Waals surface area contributed by atoms with Crippen LogP contribution in [0.5, 0.6) is 0 Å². The number of hydrogen-bond acceptors (Lipinski definition) is 4. The van der Waals surface area contributed by atoms with Gasteiger partial charge in [-0.25, -0.2) is 9.18 Å². The molecule has 0 unspecified atom stereocenters. The number of rotatable bonds is 7. The van der Waals surface area contributed by atoms with Gasteiger partial charge in [-0.1, -0.05) is 31.4 Å². The zero-order valence-electron chi connectivity index (χ0n) is 17.7. The fraction of sp³-hybridized carbons (Fsp3) is 0.273. The Morgan fingerprint density at radius 3 is 2.35 bits per heavy atom. The summed E-state index contributed by atoms with van der Waals surface area (Å²) in [5, 5.41) is 17.5. The van der Waals surface area contributed by atoms with E-state index in [1.54, 1.807) is 35.6 Å². The highest BCUT2D eigenvalue weighted by Gasteiger charge is 2.21. The minimum Gasteiger partial charge on any atom is -0.508 e. The SMILES string of the molecule is C=C/C=C(/O)C=C.Cn1c(=O)n(CCCO)c(=O)c2c1n(C)n2Cc1ccc(F)cc1.[HH]. The Morgan fingerprint density at radius 1 is 1.19 bits per heavy atom. The predicted octanol–water partition coefficient (Wildman–Crippen LogP) is 2.46. The second kappa shape index (κ2) is 10.4. The minimum absolute atomic E-state index is 0. The van der Waals surface area contributed by atoms with E-state index in [0.29, 0.717) is 24.1 Å². The lowest BCUT2D eigenvalue weighted by atomic mass is 10.2. The maximum atomic E-state index is 13.0. The van der Waals surface area contributed by atoms with E-state index in [4.69, 9.17) is 10.2 Å². The standard InChI is InChI=1S/C16H19FN4O3.C6H8O.H2/c1-18-14-13(15(23)20(16(18)24)8-3-9-22)21(19(14)2)10-11-4-6-12(17)7-5-11;1-3-5-6(7)4-2;/h4-7,22H,3,8-10H2,1-2H3;3-5,7H,1-2H2;1H/b;6-5+;. The van der Waals surface area contributed by atoms with Gasteiger partial charge in [0.05, 0.1) is 6.54 Å². The van der Waals surface area contributed by atoms with Crippen molar-refractivity contribution in [2.24, 2.45) is 14.1 Å². The smallest absolute Gasteiger partial charge is 0.332 e. The summed E-state index contributed by atoms with van der Waals surface area (Å²) in [5.74, 6) is -0.167. The lowest BCUT2D eigenvalue weighted by Gasteiger charge is -2.25. The van der Waals surface area contributed by atoms with Crippen LogP contribution in [0.1, 0.15) is 13.4 Å². The van der Waals surface area contributed by atoms with E-state index >= 15 is 0 Å². The molecule has 0 atom stereocenters. The van der Waals surface area contributed by atoms with Crippen LogP contribution in [0.4, 0.5) is 4.39 Å². The summed E-state index contributed by atoms with van der Waals surface area (Å²) in [5.41, 5.74) is 1.06. The molecule has 0 aliphatic heterocycles. The van der Waals surface area contributed by atoms with Crippen LogP contribution in [0.25, 0.3) is 11.2 Å². The molecule has 2 N–H and O–H groups in total. The maximum Gasteiger partial charge on any atom is 0.332 e. The average molecular weight is 432 g/mol. The summed E-state index contributed by atoms with van der Waals surface area (Å²) in [6.45, 7) is 7.16. The van der Waals surface area contributed by atoms with Gasteiger partial charge in [0.15, 0.2) is 11.2 Å². The Hall–Kier alpha value is -3.59. The Morgan fingerprint density at radius 2 is 1.84 bits per heavy atom. The molecule has 0 saturated carbocycles. The van der Waals surface area contributed by atoms with Crippen molar-refractivity contribution in [3.63, 3.8) is 0 Å². The number of aliphatic hydroxyl groups is 2. The van der Waals surface area contributed by atoms with E-state index in [0.717, 1.165) is 10.1 Å². The first kappa shape index (κ1) is 23.7. The first-order chi connectivity index (χ1) is 14.8. The Kier molecular flexibility index (Phi) is 7.98. The zero-order valence-corrected chi connectivity index (χ0v) is 17.7. The molecule has 2 aromatic heterocycles. The molecule has 0 amide bonds. The van der Waals surface area contributed by atoms with Crippen molar-refractivity contribution >= 4 is 11.2 Å². The van der Waals surface area contributed by atoms with Crippen LogP contribution in [-0.2, 0) is 27.2 Å². The topological polar surface area (TPSA) is 94.3 Å². The molecule has 0 bridgehead atoms. The number of hydrogen-bond donors (Lipinski definition) is 2. The fourth-order valence-corrected chi connectivity index (χ4v) is 3.12. The van der Waals surface area contributed by atoms with Crippen LogP contribution >= 0.6 is 0 Å². The van der Waals surface area contributed by atoms with Crippen molar-refractivity contribution in [2.75, 3.05) is 6.61 Å². The second-order valence-corrected chi connectivity index (χ2v) is 6.79. The quantitative estimate of drug-likeness (QED) is 0.443. The molecule has 3 rings (SSSR count).